The summed E-state index contributed by atoms with van der Waals surface area (Å²) in [6, 6.07) is 9.43. The van der Waals surface area contributed by atoms with Crippen molar-refractivity contribution in [3.8, 4) is 5.75 Å². The summed E-state index contributed by atoms with van der Waals surface area (Å²) >= 11 is 0. The van der Waals surface area contributed by atoms with E-state index in [4.69, 9.17) is 14.2 Å². The summed E-state index contributed by atoms with van der Waals surface area (Å²) in [4.78, 5) is 25.5. The van der Waals surface area contributed by atoms with Crippen LogP contribution in [0.25, 0.3) is 0 Å². The Balaban J connectivity index is 2.62. The van der Waals surface area contributed by atoms with Crippen molar-refractivity contribution in [1.82, 2.24) is 0 Å². The van der Waals surface area contributed by atoms with Gasteiger partial charge in [-0.3, -0.25) is 9.59 Å². The highest BCUT2D eigenvalue weighted by atomic mass is 16.6. The van der Waals surface area contributed by atoms with Crippen LogP contribution >= 0.6 is 0 Å². The predicted octanol–water partition coefficient (Wildman–Crippen LogP) is 4.18. The maximum atomic E-state index is 12.8. The molecule has 1 rings (SSSR count). The second kappa shape index (κ2) is 13.4. The van der Waals surface area contributed by atoms with Crippen LogP contribution in [0.3, 0.4) is 0 Å². The largest absolute Gasteiger partial charge is 0.490 e. The van der Waals surface area contributed by atoms with Gasteiger partial charge in [0.25, 0.3) is 0 Å². The van der Waals surface area contributed by atoms with E-state index in [-0.39, 0.29) is 36.3 Å². The number of likely N-dealkylation sites (N-methyl/N-ethyl adjacent to an activating group) is 1. The molecule has 0 heterocycles. The molecule has 0 bridgehead atoms. The number of nitrogens with zero attached hydrogens (tertiary/aromatic N) is 1. The maximum absolute atomic E-state index is 12.8. The first-order valence-electron chi connectivity index (χ1n) is 11.3. The van der Waals surface area contributed by atoms with E-state index in [2.05, 4.69) is 35.0 Å². The van der Waals surface area contributed by atoms with Gasteiger partial charge in [-0.1, -0.05) is 45.9 Å². The first-order valence-corrected chi connectivity index (χ1v) is 11.3. The molecule has 0 aliphatic heterocycles. The standard InChI is InChI=1S/C25H42NO5/c1-19(2)17-21(24(27)30-14-13-26(5,6)7)18-23(20(3)4)25(28)31-16-15-29-22-11-9-8-10-12-22/h8-12,19-21,23H,13-18H2,1-7H3/q+1. The van der Waals surface area contributed by atoms with E-state index in [1.54, 1.807) is 0 Å². The van der Waals surface area contributed by atoms with Crippen molar-refractivity contribution in [2.45, 2.75) is 40.5 Å². The van der Waals surface area contributed by atoms with Gasteiger partial charge in [0, 0.05) is 0 Å². The van der Waals surface area contributed by atoms with Crippen LogP contribution in [0.15, 0.2) is 30.3 Å². The Kier molecular flexibility index (Phi) is 11.6. The summed E-state index contributed by atoms with van der Waals surface area (Å²) in [5.74, 6) is -0.0186. The van der Waals surface area contributed by atoms with Gasteiger partial charge in [0.1, 0.15) is 32.1 Å². The second-order valence-corrected chi connectivity index (χ2v) is 9.92. The number of quaternary nitrogens is 1. The van der Waals surface area contributed by atoms with Crippen LogP contribution in [0, 0.1) is 23.7 Å². The average molecular weight is 437 g/mol. The van der Waals surface area contributed by atoms with E-state index in [9.17, 15) is 9.59 Å². The number of carbonyl (C=O) groups is 2. The Bertz CT molecular complexity index is 652. The Hall–Kier alpha value is -2.08. The highest BCUT2D eigenvalue weighted by molar-refractivity contribution is 5.76. The van der Waals surface area contributed by atoms with Crippen LogP contribution in [0.4, 0.5) is 0 Å². The number of ether oxygens (including phenoxy) is 3. The Morgan fingerprint density at radius 3 is 2.00 bits per heavy atom. The second-order valence-electron chi connectivity index (χ2n) is 9.92. The third-order valence-electron chi connectivity index (χ3n) is 5.08. The van der Waals surface area contributed by atoms with Crippen LogP contribution in [-0.2, 0) is 19.1 Å². The molecule has 1 aromatic rings. The van der Waals surface area contributed by atoms with Crippen molar-refractivity contribution in [2.75, 3.05) is 47.5 Å². The topological polar surface area (TPSA) is 61.8 Å². The lowest BCUT2D eigenvalue weighted by Crippen LogP contribution is -2.38. The van der Waals surface area contributed by atoms with Crippen LogP contribution in [0.5, 0.6) is 5.75 Å². The zero-order chi connectivity index (χ0) is 23.4. The van der Waals surface area contributed by atoms with Crippen molar-refractivity contribution in [2.24, 2.45) is 23.7 Å². The minimum Gasteiger partial charge on any atom is -0.490 e. The third-order valence-corrected chi connectivity index (χ3v) is 5.08. The summed E-state index contributed by atoms with van der Waals surface area (Å²) in [7, 11) is 6.18. The third kappa shape index (κ3) is 11.8. The van der Waals surface area contributed by atoms with Gasteiger partial charge in [0.2, 0.25) is 0 Å². The lowest BCUT2D eigenvalue weighted by Gasteiger charge is -2.26. The zero-order valence-corrected chi connectivity index (χ0v) is 20.4. The summed E-state index contributed by atoms with van der Waals surface area (Å²) in [6.45, 7) is 9.74. The zero-order valence-electron chi connectivity index (χ0n) is 20.4. The fraction of sp³-hybridized carbons (Fsp3) is 0.680. The first kappa shape index (κ1) is 27.0. The molecule has 6 nitrogen and oxygen atoms in total. The molecule has 0 spiro atoms. The molecule has 0 aromatic heterocycles. The number of benzene rings is 1. The summed E-state index contributed by atoms with van der Waals surface area (Å²) < 4.78 is 17.4. The molecule has 0 saturated carbocycles. The Morgan fingerprint density at radius 2 is 1.45 bits per heavy atom. The van der Waals surface area contributed by atoms with Crippen LogP contribution in [-0.4, -0.2) is 63.9 Å². The number of rotatable bonds is 14. The molecule has 2 atom stereocenters. The molecular formula is C25H42NO5+. The Labute approximate surface area is 188 Å². The van der Waals surface area contributed by atoms with Crippen LogP contribution in [0.2, 0.25) is 0 Å². The van der Waals surface area contributed by atoms with E-state index in [1.165, 1.54) is 0 Å². The molecule has 6 heteroatoms. The summed E-state index contributed by atoms with van der Waals surface area (Å²) in [5.41, 5.74) is 0. The lowest BCUT2D eigenvalue weighted by molar-refractivity contribution is -0.870. The normalized spacial score (nSPS) is 13.7. The van der Waals surface area contributed by atoms with Crippen molar-refractivity contribution in [1.29, 1.82) is 0 Å². The SMILES string of the molecule is CC(C)CC(CC(C(=O)OCCOc1ccccc1)C(C)C)C(=O)OCC[N+](C)(C)C. The van der Waals surface area contributed by atoms with Gasteiger partial charge < -0.3 is 18.7 Å². The van der Waals surface area contributed by atoms with Gasteiger partial charge in [-0.25, -0.2) is 0 Å². The molecule has 176 valence electrons. The van der Waals surface area contributed by atoms with Crippen LogP contribution in [0.1, 0.15) is 40.5 Å². The molecule has 0 fully saturated rings. The number of carbonyl (C=O) groups excluding carboxylic acids is 2. The molecule has 0 amide bonds. The molecule has 1 aromatic carbocycles. The van der Waals surface area contributed by atoms with Gasteiger partial charge in [-0.2, -0.15) is 0 Å². The fourth-order valence-electron chi connectivity index (χ4n) is 3.27. The molecule has 0 N–H and O–H groups in total. The average Bonchev–Trinajstić information content (AvgIpc) is 2.67. The van der Waals surface area contributed by atoms with E-state index >= 15 is 0 Å². The van der Waals surface area contributed by atoms with Gasteiger partial charge in [-0.15, -0.1) is 0 Å². The number of esters is 2. The highest BCUT2D eigenvalue weighted by Gasteiger charge is 2.32. The summed E-state index contributed by atoms with van der Waals surface area (Å²) in [5, 5.41) is 0. The predicted molar refractivity (Wildman–Crippen MR) is 123 cm³/mol. The summed E-state index contributed by atoms with van der Waals surface area (Å²) in [6.07, 6.45) is 1.13. The van der Waals surface area contributed by atoms with E-state index in [0.717, 1.165) is 16.8 Å². The molecule has 0 aliphatic rings. The number of para-hydroxylation sites is 1. The maximum Gasteiger partial charge on any atom is 0.309 e. The van der Waals surface area contributed by atoms with E-state index < -0.39 is 0 Å². The molecule has 0 aliphatic carbocycles. The lowest BCUT2D eigenvalue weighted by atomic mass is 9.83. The van der Waals surface area contributed by atoms with E-state index in [0.29, 0.717) is 32.0 Å². The molecule has 0 radical (unpaired) electrons. The van der Waals surface area contributed by atoms with Crippen molar-refractivity contribution >= 4 is 11.9 Å². The molecule has 2 unspecified atom stereocenters. The van der Waals surface area contributed by atoms with Crippen molar-refractivity contribution in [3.63, 3.8) is 0 Å². The quantitative estimate of drug-likeness (QED) is 0.249. The molecular weight excluding hydrogens is 394 g/mol. The van der Waals surface area contributed by atoms with Gasteiger partial charge in [0.05, 0.1) is 33.0 Å². The number of hydrogen-bond acceptors (Lipinski definition) is 5. The highest BCUT2D eigenvalue weighted by Crippen LogP contribution is 2.27. The van der Waals surface area contributed by atoms with Crippen molar-refractivity contribution in [3.05, 3.63) is 30.3 Å². The minimum absolute atomic E-state index is 0.0660. The minimum atomic E-state index is -0.355. The van der Waals surface area contributed by atoms with Crippen LogP contribution < -0.4 is 4.74 Å². The fourth-order valence-corrected chi connectivity index (χ4v) is 3.27. The molecule has 0 saturated heterocycles. The monoisotopic (exact) mass is 436 g/mol. The van der Waals surface area contributed by atoms with Gasteiger partial charge in [-0.05, 0) is 36.8 Å². The van der Waals surface area contributed by atoms with Gasteiger partial charge >= 0.3 is 11.9 Å². The first-order chi connectivity index (χ1) is 14.5. The molecule has 31 heavy (non-hydrogen) atoms. The Morgan fingerprint density at radius 1 is 0.839 bits per heavy atom. The number of hydrogen-bond donors (Lipinski definition) is 0. The van der Waals surface area contributed by atoms with Gasteiger partial charge in [0.15, 0.2) is 0 Å². The van der Waals surface area contributed by atoms with E-state index in [1.807, 2.05) is 44.2 Å². The van der Waals surface area contributed by atoms with Crippen molar-refractivity contribution < 1.29 is 28.3 Å². The smallest absolute Gasteiger partial charge is 0.309 e.